The average Bonchev–Trinajstić information content (AvgIpc) is 3.11. The van der Waals surface area contributed by atoms with Gasteiger partial charge in [0.1, 0.15) is 18.4 Å². The first-order valence-corrected chi connectivity index (χ1v) is 11.5. The molecule has 0 radical (unpaired) electrons. The van der Waals surface area contributed by atoms with Gasteiger partial charge in [0.15, 0.2) is 10.1 Å². The number of fused-ring (bicyclic) bond motifs is 3. The summed E-state index contributed by atoms with van der Waals surface area (Å²) in [5, 5.41) is 9.93. The second-order valence-corrected chi connectivity index (χ2v) is 8.98. The summed E-state index contributed by atoms with van der Waals surface area (Å²) >= 11 is 0. The van der Waals surface area contributed by atoms with E-state index in [-0.39, 0.29) is 54.3 Å². The molecule has 0 unspecified atom stereocenters. The molecule has 0 fully saturated rings. The van der Waals surface area contributed by atoms with Gasteiger partial charge in [0.2, 0.25) is 0 Å². The summed E-state index contributed by atoms with van der Waals surface area (Å²) in [5.41, 5.74) is 4.50. The molecule has 2 N–H and O–H groups in total. The van der Waals surface area contributed by atoms with Gasteiger partial charge in [-0.15, -0.1) is 0 Å². The molecule has 34 heavy (non-hydrogen) atoms. The summed E-state index contributed by atoms with van der Waals surface area (Å²) in [6.45, 7) is -0.0376. The quantitative estimate of drug-likeness (QED) is 0.366. The number of phenols is 1. The molecule has 1 atom stereocenters. The van der Waals surface area contributed by atoms with Crippen LogP contribution in [0.15, 0.2) is 72.8 Å². The van der Waals surface area contributed by atoms with E-state index in [0.29, 0.717) is 5.56 Å². The maximum Gasteiger partial charge on any atom is 1.00 e. The van der Waals surface area contributed by atoms with Crippen LogP contribution in [-0.4, -0.2) is 41.9 Å². The van der Waals surface area contributed by atoms with E-state index in [1.807, 2.05) is 48.5 Å². The molecule has 0 aliphatic heterocycles. The van der Waals surface area contributed by atoms with Crippen molar-refractivity contribution in [2.45, 2.75) is 18.4 Å². The molecule has 0 bridgehead atoms. The minimum Gasteiger partial charge on any atom is -0.742 e. The van der Waals surface area contributed by atoms with E-state index >= 15 is 0 Å². The topological polar surface area (TPSA) is 133 Å². The molecule has 0 saturated carbocycles. The zero-order valence-corrected chi connectivity index (χ0v) is 21.1. The molecule has 0 spiro atoms. The maximum absolute atomic E-state index is 12.5. The van der Waals surface area contributed by atoms with Crippen LogP contribution >= 0.6 is 0 Å². The Balaban J connectivity index is 0.00000324. The fourth-order valence-electron chi connectivity index (χ4n) is 4.02. The smallest absolute Gasteiger partial charge is 0.742 e. The van der Waals surface area contributed by atoms with Gasteiger partial charge < -0.3 is 19.7 Å². The van der Waals surface area contributed by atoms with E-state index in [1.165, 1.54) is 24.3 Å². The van der Waals surface area contributed by atoms with Gasteiger partial charge in [-0.05, 0) is 39.9 Å². The molecular formula is C24H20NNaO7S. The molecule has 170 valence electrons. The fourth-order valence-corrected chi connectivity index (χ4v) is 4.51. The van der Waals surface area contributed by atoms with Gasteiger partial charge in [-0.3, -0.25) is 4.79 Å². The number of phenolic OH excluding ortho intramolecular Hbond substituents is 1. The van der Waals surface area contributed by atoms with Crippen LogP contribution in [0.25, 0.3) is 11.1 Å². The molecule has 0 heterocycles. The molecule has 1 amide bonds. The Morgan fingerprint density at radius 1 is 0.941 bits per heavy atom. The third-order valence-corrected chi connectivity index (χ3v) is 6.32. The SMILES string of the molecule is O=C(N[C@@H](Cc1ccc(O)cc1)C(=O)S(=O)(=O)[O-])OCC1c2ccccc2-c2ccccc21.[Na+]. The van der Waals surface area contributed by atoms with E-state index in [2.05, 4.69) is 5.32 Å². The van der Waals surface area contributed by atoms with Crippen LogP contribution < -0.4 is 34.9 Å². The predicted octanol–water partition coefficient (Wildman–Crippen LogP) is -0.0822. The molecule has 8 nitrogen and oxygen atoms in total. The number of hydrogen-bond donors (Lipinski definition) is 2. The Labute approximate surface area is 219 Å². The molecule has 1 aliphatic carbocycles. The summed E-state index contributed by atoms with van der Waals surface area (Å²) in [7, 11) is -5.30. The van der Waals surface area contributed by atoms with Crippen LogP contribution in [0.5, 0.6) is 5.75 Å². The van der Waals surface area contributed by atoms with Crippen LogP contribution in [-0.2, 0) is 26.1 Å². The molecule has 3 aromatic carbocycles. The third kappa shape index (κ3) is 5.68. The fraction of sp³-hybridized carbons (Fsp3) is 0.167. The number of nitrogens with one attached hydrogen (secondary N) is 1. The number of carbonyl (C=O) groups excluding carboxylic acids is 2. The van der Waals surface area contributed by atoms with Crippen molar-refractivity contribution in [3.63, 3.8) is 0 Å². The van der Waals surface area contributed by atoms with Crippen molar-refractivity contribution in [3.05, 3.63) is 89.5 Å². The van der Waals surface area contributed by atoms with Gasteiger partial charge in [-0.2, -0.15) is 0 Å². The predicted molar refractivity (Wildman–Crippen MR) is 119 cm³/mol. The molecule has 0 saturated heterocycles. The maximum atomic E-state index is 12.5. The third-order valence-electron chi connectivity index (χ3n) is 5.54. The molecule has 3 aromatic rings. The van der Waals surface area contributed by atoms with E-state index in [9.17, 15) is 27.7 Å². The van der Waals surface area contributed by atoms with Crippen molar-refractivity contribution in [1.29, 1.82) is 0 Å². The largest absolute Gasteiger partial charge is 1.00 e. The Bertz CT molecular complexity index is 1260. The van der Waals surface area contributed by atoms with Crippen LogP contribution in [0.1, 0.15) is 22.6 Å². The van der Waals surface area contributed by atoms with Gasteiger partial charge in [-0.25, -0.2) is 13.2 Å². The average molecular weight is 489 g/mol. The number of aromatic hydroxyl groups is 1. The Morgan fingerprint density at radius 3 is 2.00 bits per heavy atom. The van der Waals surface area contributed by atoms with Crippen molar-refractivity contribution in [3.8, 4) is 16.9 Å². The molecule has 1 aliphatic rings. The first kappa shape index (κ1) is 25.9. The van der Waals surface area contributed by atoms with Gasteiger partial charge in [-0.1, -0.05) is 60.7 Å². The van der Waals surface area contributed by atoms with Gasteiger partial charge >= 0.3 is 35.7 Å². The van der Waals surface area contributed by atoms with Gasteiger partial charge in [0.05, 0.1) is 0 Å². The summed E-state index contributed by atoms with van der Waals surface area (Å²) in [4.78, 5) is 24.6. The van der Waals surface area contributed by atoms with E-state index in [4.69, 9.17) is 4.74 Å². The van der Waals surface area contributed by atoms with Crippen LogP contribution in [0.4, 0.5) is 4.79 Å². The first-order valence-electron chi connectivity index (χ1n) is 10.1. The second-order valence-electron chi connectivity index (χ2n) is 7.67. The van der Waals surface area contributed by atoms with Gasteiger partial charge in [0, 0.05) is 12.3 Å². The number of carbonyl (C=O) groups is 2. The van der Waals surface area contributed by atoms with Gasteiger partial charge in [0.25, 0.3) is 5.12 Å². The van der Waals surface area contributed by atoms with Crippen molar-refractivity contribution in [2.75, 3.05) is 6.61 Å². The number of ether oxygens (including phenoxy) is 1. The van der Waals surface area contributed by atoms with Crippen molar-refractivity contribution in [1.82, 2.24) is 5.32 Å². The molecule has 10 heteroatoms. The van der Waals surface area contributed by atoms with Crippen molar-refractivity contribution in [2.24, 2.45) is 0 Å². The van der Waals surface area contributed by atoms with Crippen LogP contribution in [0, 0.1) is 0 Å². The number of alkyl carbamates (subject to hydrolysis) is 1. The van der Waals surface area contributed by atoms with E-state index in [0.717, 1.165) is 22.3 Å². The zero-order valence-electron chi connectivity index (χ0n) is 18.3. The number of rotatable bonds is 6. The number of amides is 1. The molecular weight excluding hydrogens is 469 g/mol. The molecule has 0 aromatic heterocycles. The van der Waals surface area contributed by atoms with Crippen LogP contribution in [0.2, 0.25) is 0 Å². The summed E-state index contributed by atoms with van der Waals surface area (Å²) in [5.74, 6) is -0.250. The minimum atomic E-state index is -5.30. The minimum absolute atomic E-state index is 0. The van der Waals surface area contributed by atoms with E-state index < -0.39 is 27.4 Å². The monoisotopic (exact) mass is 489 g/mol. The molecule has 4 rings (SSSR count). The van der Waals surface area contributed by atoms with Crippen LogP contribution in [0.3, 0.4) is 0 Å². The Morgan fingerprint density at radius 2 is 1.47 bits per heavy atom. The second kappa shape index (κ2) is 10.7. The van der Waals surface area contributed by atoms with Crippen molar-refractivity contribution < 1.29 is 62.0 Å². The Kier molecular flexibility index (Phi) is 8.17. The van der Waals surface area contributed by atoms with Crippen molar-refractivity contribution >= 4 is 21.3 Å². The standard InChI is InChI=1S/C24H21NO7S.Na/c26-16-11-9-15(10-12-16)13-22(23(27)33(29,30)31)25-24(28)32-14-21-19-7-3-1-5-17(19)18-6-2-4-8-20(18)21;/h1-12,21-22,26H,13-14H2,(H,25,28)(H,29,30,31);/q;+1/p-1/t22-;/m0./s1. The zero-order chi connectivity index (χ0) is 23.6. The first-order chi connectivity index (χ1) is 15.7. The number of benzene rings is 3. The normalized spacial score (nSPS) is 13.2. The number of hydrogen-bond acceptors (Lipinski definition) is 7. The Hall–Kier alpha value is -2.69. The summed E-state index contributed by atoms with van der Waals surface area (Å²) < 4.78 is 39.3. The van der Waals surface area contributed by atoms with E-state index in [1.54, 1.807) is 0 Å². The summed E-state index contributed by atoms with van der Waals surface area (Å²) in [6, 6.07) is 19.5. The summed E-state index contributed by atoms with van der Waals surface area (Å²) in [6.07, 6.45) is -1.28.